The molecule has 0 radical (unpaired) electrons. The lowest BCUT2D eigenvalue weighted by Gasteiger charge is -2.05. The van der Waals surface area contributed by atoms with Crippen LogP contribution in [0.15, 0.2) is 53.1 Å². The number of aryl methyl sites for hydroxylation is 1. The zero-order valence-electron chi connectivity index (χ0n) is 11.1. The van der Waals surface area contributed by atoms with Gasteiger partial charge in [0.2, 0.25) is 0 Å². The number of furan rings is 1. The van der Waals surface area contributed by atoms with Crippen LogP contribution in [-0.4, -0.2) is 11.1 Å². The van der Waals surface area contributed by atoms with E-state index in [1.165, 1.54) is 0 Å². The van der Waals surface area contributed by atoms with Gasteiger partial charge in [0, 0.05) is 11.1 Å². The Kier molecular flexibility index (Phi) is 3.03. The van der Waals surface area contributed by atoms with Gasteiger partial charge >= 0.3 is 5.97 Å². The van der Waals surface area contributed by atoms with Crippen molar-refractivity contribution < 1.29 is 14.3 Å². The molecule has 0 saturated heterocycles. The molecule has 2 aromatic carbocycles. The van der Waals surface area contributed by atoms with E-state index >= 15 is 0 Å². The minimum atomic E-state index is -0.946. The average Bonchev–Trinajstić information content (AvgIpc) is 2.90. The number of aromatic carboxylic acids is 1. The fraction of sp³-hybridized carbons (Fsp3) is 0.118. The molecule has 0 fully saturated rings. The van der Waals surface area contributed by atoms with E-state index in [9.17, 15) is 9.90 Å². The summed E-state index contributed by atoms with van der Waals surface area (Å²) >= 11 is 0. The van der Waals surface area contributed by atoms with Crippen LogP contribution < -0.4 is 0 Å². The van der Waals surface area contributed by atoms with Crippen molar-refractivity contribution in [1.29, 1.82) is 0 Å². The van der Waals surface area contributed by atoms with Crippen molar-refractivity contribution in [3.8, 4) is 11.3 Å². The van der Waals surface area contributed by atoms with E-state index in [2.05, 4.69) is 0 Å². The number of carboxylic acid groups (broad SMARTS) is 1. The highest BCUT2D eigenvalue weighted by atomic mass is 16.4. The summed E-state index contributed by atoms with van der Waals surface area (Å²) in [5.74, 6) is -0.510. The molecule has 3 aromatic rings. The molecule has 20 heavy (non-hydrogen) atoms. The van der Waals surface area contributed by atoms with Crippen LogP contribution in [0, 0.1) is 0 Å². The maximum absolute atomic E-state index is 11.5. The minimum Gasteiger partial charge on any atom is -0.478 e. The predicted octanol–water partition coefficient (Wildman–Crippen LogP) is 4.36. The Morgan fingerprint density at radius 1 is 1.15 bits per heavy atom. The Hall–Kier alpha value is -2.55. The number of benzene rings is 2. The van der Waals surface area contributed by atoms with Gasteiger partial charge in [0.25, 0.3) is 0 Å². The van der Waals surface area contributed by atoms with Crippen molar-refractivity contribution in [1.82, 2.24) is 0 Å². The SMILES string of the molecule is CCc1coc(-c2cccc3ccccc23)c1C(=O)O. The maximum Gasteiger partial charge on any atom is 0.339 e. The van der Waals surface area contributed by atoms with E-state index in [4.69, 9.17) is 4.42 Å². The molecule has 3 rings (SSSR count). The topological polar surface area (TPSA) is 50.4 Å². The van der Waals surface area contributed by atoms with Crippen molar-refractivity contribution in [2.24, 2.45) is 0 Å². The molecule has 0 aliphatic heterocycles. The number of carboxylic acids is 1. The molecular formula is C17H14O3. The Morgan fingerprint density at radius 3 is 2.65 bits per heavy atom. The van der Waals surface area contributed by atoms with Crippen LogP contribution in [0.4, 0.5) is 0 Å². The molecule has 100 valence electrons. The van der Waals surface area contributed by atoms with Crippen LogP contribution in [0.2, 0.25) is 0 Å². The van der Waals surface area contributed by atoms with Crippen LogP contribution in [-0.2, 0) is 6.42 Å². The van der Waals surface area contributed by atoms with Gasteiger partial charge < -0.3 is 9.52 Å². The molecule has 0 unspecified atom stereocenters. The molecule has 0 amide bonds. The molecule has 0 spiro atoms. The average molecular weight is 266 g/mol. The van der Waals surface area contributed by atoms with E-state index in [1.54, 1.807) is 6.26 Å². The molecule has 3 heteroatoms. The monoisotopic (exact) mass is 266 g/mol. The van der Waals surface area contributed by atoms with Crippen LogP contribution in [0.1, 0.15) is 22.8 Å². The van der Waals surface area contributed by atoms with Crippen molar-refractivity contribution in [3.05, 3.63) is 59.9 Å². The van der Waals surface area contributed by atoms with Crippen LogP contribution in [0.25, 0.3) is 22.1 Å². The molecule has 1 aromatic heterocycles. The van der Waals surface area contributed by atoms with Crippen molar-refractivity contribution in [2.75, 3.05) is 0 Å². The van der Waals surface area contributed by atoms with E-state index < -0.39 is 5.97 Å². The van der Waals surface area contributed by atoms with Crippen molar-refractivity contribution in [3.63, 3.8) is 0 Å². The molecular weight excluding hydrogens is 252 g/mol. The number of hydrogen-bond donors (Lipinski definition) is 1. The number of carbonyl (C=O) groups is 1. The highest BCUT2D eigenvalue weighted by molar-refractivity contribution is 6.02. The molecule has 0 atom stereocenters. The zero-order valence-corrected chi connectivity index (χ0v) is 11.1. The number of fused-ring (bicyclic) bond motifs is 1. The Morgan fingerprint density at radius 2 is 1.90 bits per heavy atom. The van der Waals surface area contributed by atoms with Crippen molar-refractivity contribution in [2.45, 2.75) is 13.3 Å². The molecule has 0 bridgehead atoms. The first kappa shape index (κ1) is 12.5. The first-order chi connectivity index (χ1) is 9.72. The first-order valence-electron chi connectivity index (χ1n) is 6.54. The Bertz CT molecular complexity index is 779. The molecule has 0 aliphatic carbocycles. The third-order valence-electron chi connectivity index (χ3n) is 3.50. The fourth-order valence-electron chi connectivity index (χ4n) is 2.51. The fourth-order valence-corrected chi connectivity index (χ4v) is 2.51. The van der Waals surface area contributed by atoms with Crippen LogP contribution >= 0.6 is 0 Å². The van der Waals surface area contributed by atoms with E-state index in [0.717, 1.165) is 21.9 Å². The zero-order chi connectivity index (χ0) is 14.1. The lowest BCUT2D eigenvalue weighted by Crippen LogP contribution is -2.00. The second-order valence-corrected chi connectivity index (χ2v) is 4.65. The normalized spacial score (nSPS) is 10.8. The number of rotatable bonds is 3. The van der Waals surface area contributed by atoms with Gasteiger partial charge in [-0.1, -0.05) is 49.4 Å². The molecule has 0 aliphatic rings. The van der Waals surface area contributed by atoms with Gasteiger partial charge in [0.1, 0.15) is 11.3 Å². The summed E-state index contributed by atoms with van der Waals surface area (Å²) in [4.78, 5) is 11.5. The molecule has 1 N–H and O–H groups in total. The van der Waals surface area contributed by atoms with Crippen LogP contribution in [0.5, 0.6) is 0 Å². The third-order valence-corrected chi connectivity index (χ3v) is 3.50. The number of hydrogen-bond acceptors (Lipinski definition) is 2. The van der Waals surface area contributed by atoms with Gasteiger partial charge in [-0.25, -0.2) is 4.79 Å². The second kappa shape index (κ2) is 4.85. The lowest BCUT2D eigenvalue weighted by atomic mass is 9.99. The smallest absolute Gasteiger partial charge is 0.339 e. The highest BCUT2D eigenvalue weighted by Crippen LogP contribution is 2.33. The lowest BCUT2D eigenvalue weighted by molar-refractivity contribution is 0.0696. The van der Waals surface area contributed by atoms with Gasteiger partial charge in [-0.15, -0.1) is 0 Å². The summed E-state index contributed by atoms with van der Waals surface area (Å²) in [6, 6.07) is 13.7. The molecule has 0 saturated carbocycles. The Labute approximate surface area is 116 Å². The summed E-state index contributed by atoms with van der Waals surface area (Å²) in [6.45, 7) is 1.92. The largest absolute Gasteiger partial charge is 0.478 e. The summed E-state index contributed by atoms with van der Waals surface area (Å²) in [6.07, 6.45) is 2.18. The van der Waals surface area contributed by atoms with E-state index in [0.29, 0.717) is 12.2 Å². The van der Waals surface area contributed by atoms with Crippen molar-refractivity contribution >= 4 is 16.7 Å². The first-order valence-corrected chi connectivity index (χ1v) is 6.54. The van der Waals surface area contributed by atoms with E-state index in [1.807, 2.05) is 49.4 Å². The minimum absolute atomic E-state index is 0.267. The highest BCUT2D eigenvalue weighted by Gasteiger charge is 2.21. The summed E-state index contributed by atoms with van der Waals surface area (Å²) in [7, 11) is 0. The second-order valence-electron chi connectivity index (χ2n) is 4.65. The van der Waals surface area contributed by atoms with Gasteiger partial charge in [0.15, 0.2) is 0 Å². The van der Waals surface area contributed by atoms with E-state index in [-0.39, 0.29) is 5.56 Å². The third kappa shape index (κ3) is 1.88. The summed E-state index contributed by atoms with van der Waals surface area (Å²) in [5.41, 5.74) is 1.81. The molecule has 3 nitrogen and oxygen atoms in total. The summed E-state index contributed by atoms with van der Waals surface area (Å²) < 4.78 is 5.56. The maximum atomic E-state index is 11.5. The Balaban J connectivity index is 2.32. The predicted molar refractivity (Wildman–Crippen MR) is 78.0 cm³/mol. The quantitative estimate of drug-likeness (QED) is 0.766. The van der Waals surface area contributed by atoms with Gasteiger partial charge in [-0.05, 0) is 17.2 Å². The van der Waals surface area contributed by atoms with Gasteiger partial charge in [-0.2, -0.15) is 0 Å². The summed E-state index contributed by atoms with van der Waals surface area (Å²) in [5, 5.41) is 11.5. The standard InChI is InChI=1S/C17H14O3/c1-2-11-10-20-16(15(11)17(18)19)14-9-5-7-12-6-3-4-8-13(12)14/h3-10H,2H2,1H3,(H,18,19). The van der Waals surface area contributed by atoms with Crippen LogP contribution in [0.3, 0.4) is 0 Å². The van der Waals surface area contributed by atoms with Gasteiger partial charge in [0.05, 0.1) is 6.26 Å². The van der Waals surface area contributed by atoms with Gasteiger partial charge in [-0.3, -0.25) is 0 Å². The molecule has 1 heterocycles.